The van der Waals surface area contributed by atoms with E-state index in [-0.39, 0.29) is 27.2 Å². The van der Waals surface area contributed by atoms with Crippen molar-refractivity contribution in [2.75, 3.05) is 5.32 Å². The molecule has 194 valence electrons. The summed E-state index contributed by atoms with van der Waals surface area (Å²) in [6.07, 6.45) is -1.18. The maximum atomic E-state index is 13.7. The second-order valence-corrected chi connectivity index (χ2v) is 9.27. The van der Waals surface area contributed by atoms with Gasteiger partial charge in [0.2, 0.25) is 0 Å². The molecule has 0 aliphatic rings. The van der Waals surface area contributed by atoms with E-state index in [9.17, 15) is 28.5 Å². The Kier molecular flexibility index (Phi) is 6.73. The fraction of sp³-hybridized carbons (Fsp3) is 0.318. The summed E-state index contributed by atoms with van der Waals surface area (Å²) < 4.78 is 30.2. The average molecular weight is 533 g/mol. The first-order valence-electron chi connectivity index (χ1n) is 11.0. The summed E-state index contributed by atoms with van der Waals surface area (Å²) in [6.45, 7) is 5.01. The van der Waals surface area contributed by atoms with E-state index in [4.69, 9.17) is 5.73 Å². The molecule has 0 fully saturated rings. The molecule has 12 nitrogen and oxygen atoms in total. The number of amides is 2. The molecule has 0 spiro atoms. The van der Waals surface area contributed by atoms with Gasteiger partial charge < -0.3 is 21.2 Å². The summed E-state index contributed by atoms with van der Waals surface area (Å²) in [5.74, 6) is -1.93. The SMILES string of the molecule is CCC(C(=O)Nc1c(C(N)=O)sc2nc(C(F)F)cc(-c3cnn(C)c3C)c12)n1nc([N+](=O)[O-])cc1C. The van der Waals surface area contributed by atoms with E-state index >= 15 is 0 Å². The third kappa shape index (κ3) is 4.52. The van der Waals surface area contributed by atoms with Crippen molar-refractivity contribution in [1.29, 1.82) is 0 Å². The molecule has 37 heavy (non-hydrogen) atoms. The maximum absolute atomic E-state index is 13.7. The molecule has 4 heterocycles. The first-order valence-corrected chi connectivity index (χ1v) is 11.8. The van der Waals surface area contributed by atoms with Crippen molar-refractivity contribution in [3.8, 4) is 11.1 Å². The van der Waals surface area contributed by atoms with Gasteiger partial charge in [-0.2, -0.15) is 9.78 Å². The van der Waals surface area contributed by atoms with Crippen LogP contribution in [0.25, 0.3) is 21.3 Å². The molecule has 4 rings (SSSR count). The zero-order valence-corrected chi connectivity index (χ0v) is 21.0. The molecule has 2 amide bonds. The number of hydrogen-bond acceptors (Lipinski definition) is 8. The Labute approximate surface area is 212 Å². The largest absolute Gasteiger partial charge is 0.390 e. The minimum absolute atomic E-state index is 0.0156. The first kappa shape index (κ1) is 25.8. The number of halogens is 2. The topological polar surface area (TPSA) is 164 Å². The van der Waals surface area contributed by atoms with Gasteiger partial charge in [-0.3, -0.25) is 14.3 Å². The zero-order chi connectivity index (χ0) is 27.2. The highest BCUT2D eigenvalue weighted by Gasteiger charge is 2.31. The second kappa shape index (κ2) is 9.65. The van der Waals surface area contributed by atoms with Crippen molar-refractivity contribution in [1.82, 2.24) is 24.5 Å². The van der Waals surface area contributed by atoms with Crippen LogP contribution in [-0.4, -0.2) is 41.3 Å². The zero-order valence-electron chi connectivity index (χ0n) is 20.2. The number of primary amides is 1. The monoisotopic (exact) mass is 532 g/mol. The molecule has 15 heteroatoms. The minimum Gasteiger partial charge on any atom is -0.365 e. The normalized spacial score (nSPS) is 12.3. The number of nitro groups is 1. The van der Waals surface area contributed by atoms with Crippen molar-refractivity contribution in [2.45, 2.75) is 39.7 Å². The summed E-state index contributed by atoms with van der Waals surface area (Å²) in [7, 11) is 1.69. The van der Waals surface area contributed by atoms with Crippen molar-refractivity contribution >= 4 is 44.9 Å². The Bertz CT molecular complexity index is 1560. The number of nitrogens with two attached hydrogens (primary N) is 1. The van der Waals surface area contributed by atoms with E-state index in [2.05, 4.69) is 20.5 Å². The molecule has 0 radical (unpaired) electrons. The van der Waals surface area contributed by atoms with Crippen LogP contribution in [0.15, 0.2) is 18.3 Å². The van der Waals surface area contributed by atoms with Gasteiger partial charge >= 0.3 is 5.82 Å². The van der Waals surface area contributed by atoms with Gasteiger partial charge in [-0.05, 0) is 36.8 Å². The smallest absolute Gasteiger partial charge is 0.365 e. The molecule has 0 aliphatic heterocycles. The number of carbonyl (C=O) groups is 2. The molecule has 0 saturated carbocycles. The fourth-order valence-electron chi connectivity index (χ4n) is 4.05. The number of anilines is 1. The number of alkyl halides is 2. The molecule has 0 bridgehead atoms. The Morgan fingerprint density at radius 3 is 2.49 bits per heavy atom. The summed E-state index contributed by atoms with van der Waals surface area (Å²) in [5.41, 5.74) is 6.94. The van der Waals surface area contributed by atoms with Crippen LogP contribution in [0.2, 0.25) is 0 Å². The predicted molar refractivity (Wildman–Crippen MR) is 132 cm³/mol. The summed E-state index contributed by atoms with van der Waals surface area (Å²) in [6, 6.07) is 1.47. The van der Waals surface area contributed by atoms with Gasteiger partial charge in [0.05, 0.1) is 28.7 Å². The molecule has 0 aliphatic carbocycles. The third-order valence-electron chi connectivity index (χ3n) is 5.98. The van der Waals surface area contributed by atoms with Crippen molar-refractivity contribution < 1.29 is 23.3 Å². The van der Waals surface area contributed by atoms with E-state index in [0.717, 1.165) is 11.3 Å². The summed E-state index contributed by atoms with van der Waals surface area (Å²) >= 11 is 0.781. The molecule has 3 N–H and O–H groups in total. The number of thiophene rings is 1. The van der Waals surface area contributed by atoms with Gasteiger partial charge in [0.15, 0.2) is 6.04 Å². The lowest BCUT2D eigenvalue weighted by atomic mass is 10.0. The Morgan fingerprint density at radius 1 is 1.27 bits per heavy atom. The summed E-state index contributed by atoms with van der Waals surface area (Å²) in [4.78, 5) is 40.3. The Morgan fingerprint density at radius 2 is 1.97 bits per heavy atom. The van der Waals surface area contributed by atoms with Crippen molar-refractivity contribution in [2.24, 2.45) is 12.8 Å². The number of aryl methyl sites for hydroxylation is 2. The second-order valence-electron chi connectivity index (χ2n) is 8.27. The molecule has 4 aromatic rings. The van der Waals surface area contributed by atoms with Crippen LogP contribution in [0.5, 0.6) is 0 Å². The molecule has 4 aromatic heterocycles. The lowest BCUT2D eigenvalue weighted by molar-refractivity contribution is -0.389. The van der Waals surface area contributed by atoms with Gasteiger partial charge in [0.25, 0.3) is 18.2 Å². The highest BCUT2D eigenvalue weighted by molar-refractivity contribution is 7.21. The Hall–Kier alpha value is -4.27. The first-order chi connectivity index (χ1) is 17.4. The number of aromatic nitrogens is 5. The molecular weight excluding hydrogens is 510 g/mol. The van der Waals surface area contributed by atoms with E-state index < -0.39 is 40.7 Å². The highest BCUT2D eigenvalue weighted by atomic mass is 32.1. The van der Waals surface area contributed by atoms with E-state index in [1.165, 1.54) is 23.0 Å². The maximum Gasteiger partial charge on any atom is 0.390 e. The van der Waals surface area contributed by atoms with E-state index in [1.807, 2.05) is 0 Å². The molecule has 1 unspecified atom stereocenters. The quantitative estimate of drug-likeness (QED) is 0.255. The lowest BCUT2D eigenvalue weighted by Crippen LogP contribution is -2.28. The van der Waals surface area contributed by atoms with Crippen LogP contribution in [0, 0.1) is 24.0 Å². The average Bonchev–Trinajstić information content (AvgIpc) is 3.50. The number of nitrogens with zero attached hydrogens (tertiary/aromatic N) is 6. The highest BCUT2D eigenvalue weighted by Crippen LogP contribution is 2.43. The standard InChI is InChI=1S/C22H22F2N8O4S/c1-5-14(31-9(2)6-15(29-31)32(35)36)21(34)28-17-16-11(12-8-26-30(4)10(12)3)7-13(19(23)24)27-22(16)37-18(17)20(25)33/h6-8,14,19H,5H2,1-4H3,(H2,25,33)(H,28,34). The van der Waals surface area contributed by atoms with Gasteiger partial charge in [-0.25, -0.2) is 13.8 Å². The van der Waals surface area contributed by atoms with Crippen LogP contribution < -0.4 is 11.1 Å². The molecule has 0 aromatic carbocycles. The van der Waals surface area contributed by atoms with Crippen LogP contribution in [0.1, 0.15) is 52.6 Å². The number of pyridine rings is 1. The number of nitrogens with one attached hydrogen (secondary N) is 1. The number of hydrogen-bond donors (Lipinski definition) is 2. The van der Waals surface area contributed by atoms with Crippen LogP contribution in [-0.2, 0) is 11.8 Å². The van der Waals surface area contributed by atoms with Gasteiger partial charge in [0.1, 0.15) is 15.4 Å². The molecule has 1 atom stereocenters. The van der Waals surface area contributed by atoms with Gasteiger partial charge in [-0.15, -0.1) is 11.3 Å². The van der Waals surface area contributed by atoms with Crippen LogP contribution in [0.4, 0.5) is 20.3 Å². The van der Waals surface area contributed by atoms with Crippen LogP contribution >= 0.6 is 11.3 Å². The fourth-order valence-corrected chi connectivity index (χ4v) is 5.06. The number of rotatable bonds is 8. The Balaban J connectivity index is 1.91. The predicted octanol–water partition coefficient (Wildman–Crippen LogP) is 4.04. The van der Waals surface area contributed by atoms with Crippen molar-refractivity contribution in [3.63, 3.8) is 0 Å². The number of carbonyl (C=O) groups excluding carboxylic acids is 2. The van der Waals surface area contributed by atoms with E-state index in [1.54, 1.807) is 32.5 Å². The van der Waals surface area contributed by atoms with Gasteiger partial charge in [-0.1, -0.05) is 6.92 Å². The third-order valence-corrected chi connectivity index (χ3v) is 7.08. The summed E-state index contributed by atoms with van der Waals surface area (Å²) in [5, 5.41) is 22.2. The van der Waals surface area contributed by atoms with Crippen LogP contribution in [0.3, 0.4) is 0 Å². The van der Waals surface area contributed by atoms with Gasteiger partial charge in [0, 0.05) is 23.7 Å². The lowest BCUT2D eigenvalue weighted by Gasteiger charge is -2.15. The number of fused-ring (bicyclic) bond motifs is 1. The van der Waals surface area contributed by atoms with Crippen molar-refractivity contribution in [3.05, 3.63) is 50.4 Å². The van der Waals surface area contributed by atoms with E-state index in [0.29, 0.717) is 22.5 Å². The molecular formula is C22H22F2N8O4S. The minimum atomic E-state index is -2.89. The molecule has 0 saturated heterocycles.